The number of piperidine rings is 1. The van der Waals surface area contributed by atoms with E-state index < -0.39 is 21.9 Å². The molecule has 1 heterocycles. The summed E-state index contributed by atoms with van der Waals surface area (Å²) in [5, 5.41) is 8.84. The van der Waals surface area contributed by atoms with Crippen LogP contribution in [0, 0.1) is 17.2 Å². The Morgan fingerprint density at radius 1 is 1.03 bits per heavy atom. The molecule has 2 aromatic carbocycles. The number of hydrogen-bond acceptors (Lipinski definition) is 6. The van der Waals surface area contributed by atoms with Gasteiger partial charge in [-0.2, -0.15) is 9.57 Å². The zero-order chi connectivity index (χ0) is 21.0. The maximum Gasteiger partial charge on any atom is 0.314 e. The van der Waals surface area contributed by atoms with E-state index in [-0.39, 0.29) is 23.8 Å². The minimum Gasteiger partial charge on any atom is -0.426 e. The molecule has 0 spiro atoms. The molecule has 0 amide bonds. The summed E-state index contributed by atoms with van der Waals surface area (Å²) in [6, 6.07) is 14.0. The molecule has 150 valence electrons. The highest BCUT2D eigenvalue weighted by Crippen LogP contribution is 2.25. The number of carbonyl (C=O) groups is 2. The van der Waals surface area contributed by atoms with E-state index in [1.165, 1.54) is 35.5 Å². The second-order valence-corrected chi connectivity index (χ2v) is 8.75. The topological polar surface area (TPSA) is 105 Å². The molecule has 0 saturated carbocycles. The number of ether oxygens (including phenoxy) is 1. The van der Waals surface area contributed by atoms with E-state index in [1.54, 1.807) is 24.3 Å². The molecule has 0 radical (unpaired) electrons. The molecule has 3 rings (SSSR count). The molecule has 7 nitrogen and oxygen atoms in total. The van der Waals surface area contributed by atoms with Crippen molar-refractivity contribution in [3.63, 3.8) is 0 Å². The van der Waals surface area contributed by atoms with E-state index in [1.807, 2.05) is 6.07 Å². The van der Waals surface area contributed by atoms with Crippen molar-refractivity contribution in [2.45, 2.75) is 24.7 Å². The molecule has 0 unspecified atom stereocenters. The summed E-state index contributed by atoms with van der Waals surface area (Å²) < 4.78 is 32.2. The van der Waals surface area contributed by atoms with Crippen LogP contribution in [0.25, 0.3) is 0 Å². The first-order chi connectivity index (χ1) is 13.8. The lowest BCUT2D eigenvalue weighted by Crippen LogP contribution is -2.41. The van der Waals surface area contributed by atoms with E-state index in [9.17, 15) is 18.0 Å². The third-order valence-electron chi connectivity index (χ3n) is 4.89. The monoisotopic (exact) mass is 412 g/mol. The predicted octanol–water partition coefficient (Wildman–Crippen LogP) is 2.77. The summed E-state index contributed by atoms with van der Waals surface area (Å²) in [6.45, 7) is 1.89. The van der Waals surface area contributed by atoms with Crippen LogP contribution in [0.5, 0.6) is 5.75 Å². The fourth-order valence-electron chi connectivity index (χ4n) is 3.14. The SMILES string of the molecule is CC(=O)c1ccc(OC(=O)C2CCN(S(=O)(=O)c3ccc(C#N)cc3)CC2)cc1. The molecule has 0 atom stereocenters. The minimum atomic E-state index is -3.67. The van der Waals surface area contributed by atoms with Crippen LogP contribution in [0.3, 0.4) is 0 Å². The Kier molecular flexibility index (Phi) is 6.11. The molecule has 1 aliphatic heterocycles. The molecule has 0 bridgehead atoms. The zero-order valence-electron chi connectivity index (χ0n) is 15.9. The summed E-state index contributed by atoms with van der Waals surface area (Å²) in [5.74, 6) is -0.516. The van der Waals surface area contributed by atoms with Crippen molar-refractivity contribution >= 4 is 21.8 Å². The summed E-state index contributed by atoms with van der Waals surface area (Å²) in [4.78, 5) is 23.8. The summed E-state index contributed by atoms with van der Waals surface area (Å²) in [6.07, 6.45) is 0.722. The summed E-state index contributed by atoms with van der Waals surface area (Å²) in [5.41, 5.74) is 0.924. The fourth-order valence-corrected chi connectivity index (χ4v) is 4.61. The maximum absolute atomic E-state index is 12.7. The molecule has 8 heteroatoms. The van der Waals surface area contributed by atoms with Gasteiger partial charge in [-0.15, -0.1) is 0 Å². The fraction of sp³-hybridized carbons (Fsp3) is 0.286. The van der Waals surface area contributed by atoms with Crippen LogP contribution in [-0.4, -0.2) is 37.6 Å². The zero-order valence-corrected chi connectivity index (χ0v) is 16.7. The molecule has 0 aromatic heterocycles. The smallest absolute Gasteiger partial charge is 0.314 e. The van der Waals surface area contributed by atoms with Crippen LogP contribution in [0.1, 0.15) is 35.7 Å². The van der Waals surface area contributed by atoms with Crippen LogP contribution in [0.2, 0.25) is 0 Å². The number of nitriles is 1. The molecule has 1 saturated heterocycles. The minimum absolute atomic E-state index is 0.0706. The highest BCUT2D eigenvalue weighted by atomic mass is 32.2. The number of Topliss-reactive ketones (excluding diaryl/α,β-unsaturated/α-hetero) is 1. The lowest BCUT2D eigenvalue weighted by molar-refractivity contribution is -0.140. The van der Waals surface area contributed by atoms with Gasteiger partial charge in [-0.3, -0.25) is 9.59 Å². The van der Waals surface area contributed by atoms with Gasteiger partial charge >= 0.3 is 5.97 Å². The van der Waals surface area contributed by atoms with Gasteiger partial charge in [0.05, 0.1) is 22.4 Å². The van der Waals surface area contributed by atoms with E-state index in [4.69, 9.17) is 10.00 Å². The normalized spacial score (nSPS) is 15.4. The standard InChI is InChI=1S/C21H20N2O5S/c1-15(24)17-4-6-19(7-5-17)28-21(25)18-10-12-23(13-11-18)29(26,27)20-8-2-16(14-22)3-9-20/h2-9,18H,10-13H2,1H3. The Hall–Kier alpha value is -3.02. The van der Waals surface area contributed by atoms with Crippen LogP contribution >= 0.6 is 0 Å². The maximum atomic E-state index is 12.7. The van der Waals surface area contributed by atoms with Gasteiger partial charge in [0.25, 0.3) is 0 Å². The van der Waals surface area contributed by atoms with E-state index >= 15 is 0 Å². The van der Waals surface area contributed by atoms with E-state index in [2.05, 4.69) is 0 Å². The first-order valence-electron chi connectivity index (χ1n) is 9.14. The lowest BCUT2D eigenvalue weighted by atomic mass is 9.98. The second kappa shape index (κ2) is 8.55. The Balaban J connectivity index is 1.59. The quantitative estimate of drug-likeness (QED) is 0.425. The predicted molar refractivity (Wildman–Crippen MR) is 105 cm³/mol. The molecule has 1 aliphatic rings. The molecule has 2 aromatic rings. The third kappa shape index (κ3) is 4.70. The van der Waals surface area contributed by atoms with Crippen LogP contribution in [-0.2, 0) is 14.8 Å². The van der Waals surface area contributed by atoms with Gasteiger partial charge in [0.2, 0.25) is 10.0 Å². The van der Waals surface area contributed by atoms with Gasteiger partial charge in [0, 0.05) is 18.7 Å². The van der Waals surface area contributed by atoms with Crippen molar-refractivity contribution < 1.29 is 22.7 Å². The number of esters is 1. The van der Waals surface area contributed by atoms with Gasteiger partial charge in [0.15, 0.2) is 5.78 Å². The highest BCUT2D eigenvalue weighted by Gasteiger charge is 2.33. The van der Waals surface area contributed by atoms with Crippen LogP contribution in [0.15, 0.2) is 53.4 Å². The van der Waals surface area contributed by atoms with Crippen molar-refractivity contribution in [1.29, 1.82) is 5.26 Å². The van der Waals surface area contributed by atoms with Crippen LogP contribution < -0.4 is 4.74 Å². The van der Waals surface area contributed by atoms with E-state index in [0.717, 1.165) is 0 Å². The molecular weight excluding hydrogens is 392 g/mol. The first-order valence-corrected chi connectivity index (χ1v) is 10.6. The summed E-state index contributed by atoms with van der Waals surface area (Å²) in [7, 11) is -3.67. The Bertz CT molecular complexity index is 1050. The second-order valence-electron chi connectivity index (χ2n) is 6.82. The van der Waals surface area contributed by atoms with Gasteiger partial charge in [0.1, 0.15) is 5.75 Å². The van der Waals surface area contributed by atoms with E-state index in [0.29, 0.717) is 29.7 Å². The number of sulfonamides is 1. The lowest BCUT2D eigenvalue weighted by Gasteiger charge is -2.30. The number of carbonyl (C=O) groups excluding carboxylic acids is 2. The van der Waals surface area contributed by atoms with Crippen molar-refractivity contribution in [3.05, 3.63) is 59.7 Å². The summed E-state index contributed by atoms with van der Waals surface area (Å²) >= 11 is 0. The largest absolute Gasteiger partial charge is 0.426 e. The van der Waals surface area contributed by atoms with Gasteiger partial charge in [-0.05, 0) is 68.3 Å². The number of ketones is 1. The third-order valence-corrected chi connectivity index (χ3v) is 6.80. The average molecular weight is 412 g/mol. The van der Waals surface area contributed by atoms with Gasteiger partial charge < -0.3 is 4.74 Å². The first kappa shape index (κ1) is 20.7. The van der Waals surface area contributed by atoms with Gasteiger partial charge in [-0.25, -0.2) is 8.42 Å². The number of nitrogens with zero attached hydrogens (tertiary/aromatic N) is 2. The van der Waals surface area contributed by atoms with Crippen molar-refractivity contribution in [1.82, 2.24) is 4.31 Å². The van der Waals surface area contributed by atoms with Crippen molar-refractivity contribution in [3.8, 4) is 11.8 Å². The van der Waals surface area contributed by atoms with Crippen molar-refractivity contribution in [2.24, 2.45) is 5.92 Å². The van der Waals surface area contributed by atoms with Crippen LogP contribution in [0.4, 0.5) is 0 Å². The van der Waals surface area contributed by atoms with Gasteiger partial charge in [-0.1, -0.05) is 0 Å². The highest BCUT2D eigenvalue weighted by molar-refractivity contribution is 7.89. The number of hydrogen-bond donors (Lipinski definition) is 0. The average Bonchev–Trinajstić information content (AvgIpc) is 2.74. The Morgan fingerprint density at radius 3 is 2.14 bits per heavy atom. The van der Waals surface area contributed by atoms with Crippen molar-refractivity contribution in [2.75, 3.05) is 13.1 Å². The number of rotatable bonds is 5. The molecule has 1 fully saturated rings. The molecular formula is C21H20N2O5S. The molecule has 29 heavy (non-hydrogen) atoms. The number of benzene rings is 2. The molecule has 0 N–H and O–H groups in total. The Morgan fingerprint density at radius 2 is 1.62 bits per heavy atom. The Labute approximate surface area is 169 Å². The molecule has 0 aliphatic carbocycles.